The van der Waals surface area contributed by atoms with Crippen LogP contribution in [0.4, 0.5) is 0 Å². The van der Waals surface area contributed by atoms with Crippen molar-refractivity contribution in [2.45, 2.75) is 39.5 Å². The molecule has 0 aromatic heterocycles. The van der Waals surface area contributed by atoms with Crippen LogP contribution in [0.2, 0.25) is 0 Å². The molecule has 14 heavy (non-hydrogen) atoms. The van der Waals surface area contributed by atoms with Gasteiger partial charge in [0.05, 0.1) is 0 Å². The zero-order chi connectivity index (χ0) is 9.71. The fourth-order valence-electron chi connectivity index (χ4n) is 4.06. The van der Waals surface area contributed by atoms with Crippen molar-refractivity contribution < 1.29 is 0 Å². The Morgan fingerprint density at radius 3 is 2.93 bits per heavy atom. The van der Waals surface area contributed by atoms with Crippen molar-refractivity contribution in [3.05, 3.63) is 23.3 Å². The first-order valence-corrected chi connectivity index (χ1v) is 6.16. The Balaban J connectivity index is 1.84. The molecule has 3 atom stereocenters. The van der Waals surface area contributed by atoms with Crippen LogP contribution in [-0.2, 0) is 0 Å². The van der Waals surface area contributed by atoms with E-state index in [-0.39, 0.29) is 0 Å². The van der Waals surface area contributed by atoms with Crippen molar-refractivity contribution in [3.63, 3.8) is 0 Å². The van der Waals surface area contributed by atoms with Crippen LogP contribution < -0.4 is 0 Å². The van der Waals surface area contributed by atoms with Gasteiger partial charge >= 0.3 is 0 Å². The van der Waals surface area contributed by atoms with Crippen LogP contribution in [-0.4, -0.2) is 0 Å². The van der Waals surface area contributed by atoms with Crippen molar-refractivity contribution in [2.75, 3.05) is 0 Å². The first kappa shape index (κ1) is 8.76. The van der Waals surface area contributed by atoms with E-state index in [0.29, 0.717) is 0 Å². The van der Waals surface area contributed by atoms with Gasteiger partial charge < -0.3 is 0 Å². The molecule has 0 aliphatic heterocycles. The van der Waals surface area contributed by atoms with E-state index in [1.807, 2.05) is 5.57 Å². The van der Waals surface area contributed by atoms with E-state index < -0.39 is 0 Å². The maximum atomic E-state index is 2.41. The maximum absolute atomic E-state index is 2.41. The molecule has 0 heterocycles. The van der Waals surface area contributed by atoms with Crippen LogP contribution in [0.3, 0.4) is 0 Å². The Kier molecular flexibility index (Phi) is 1.87. The third-order valence-electron chi connectivity index (χ3n) is 4.71. The van der Waals surface area contributed by atoms with E-state index in [1.54, 1.807) is 5.57 Å². The molecule has 0 spiro atoms. The lowest BCUT2D eigenvalue weighted by molar-refractivity contribution is 0.279. The van der Waals surface area contributed by atoms with E-state index in [9.17, 15) is 0 Å². The molecule has 0 heteroatoms. The molecular weight excluding hydrogens is 168 g/mol. The van der Waals surface area contributed by atoms with Crippen LogP contribution in [0.15, 0.2) is 23.3 Å². The zero-order valence-electron chi connectivity index (χ0n) is 9.29. The normalized spacial score (nSPS) is 39.8. The summed E-state index contributed by atoms with van der Waals surface area (Å²) in [6, 6.07) is 0. The van der Waals surface area contributed by atoms with Gasteiger partial charge in [-0.2, -0.15) is 0 Å². The maximum Gasteiger partial charge on any atom is -0.0127 e. The van der Waals surface area contributed by atoms with Crippen LogP contribution in [0, 0.1) is 23.7 Å². The highest BCUT2D eigenvalue weighted by molar-refractivity contribution is 5.41. The fraction of sp³-hybridized carbons (Fsp3) is 0.714. The van der Waals surface area contributed by atoms with Gasteiger partial charge in [0, 0.05) is 0 Å². The van der Waals surface area contributed by atoms with Gasteiger partial charge in [0.15, 0.2) is 0 Å². The standard InChI is InChI=1S/C14H20/c1-9(2)11-6-7-13-12-5-3-4-10(12)8-14(11)13/h3-4,9,11,13-14H,5-8H2,1-2H3. The topological polar surface area (TPSA) is 0 Å². The number of hydrogen-bond donors (Lipinski definition) is 0. The highest BCUT2D eigenvalue weighted by Gasteiger charge is 2.44. The fourth-order valence-corrected chi connectivity index (χ4v) is 4.06. The van der Waals surface area contributed by atoms with Crippen molar-refractivity contribution in [3.8, 4) is 0 Å². The number of hydrogen-bond acceptors (Lipinski definition) is 0. The van der Waals surface area contributed by atoms with Crippen LogP contribution >= 0.6 is 0 Å². The highest BCUT2D eigenvalue weighted by Crippen LogP contribution is 2.55. The molecule has 1 saturated carbocycles. The molecule has 0 aromatic rings. The SMILES string of the molecule is CC(C)C1CCC2C3=C(C=CC3)CC21. The molecule has 1 fully saturated rings. The molecule has 0 radical (unpaired) electrons. The van der Waals surface area contributed by atoms with E-state index in [2.05, 4.69) is 26.0 Å². The lowest BCUT2D eigenvalue weighted by atomic mass is 9.82. The van der Waals surface area contributed by atoms with Gasteiger partial charge in [0.25, 0.3) is 0 Å². The highest BCUT2D eigenvalue weighted by atomic mass is 14.5. The predicted molar refractivity (Wildman–Crippen MR) is 59.9 cm³/mol. The molecule has 3 unspecified atom stereocenters. The molecule has 3 aliphatic rings. The first-order valence-electron chi connectivity index (χ1n) is 6.16. The summed E-state index contributed by atoms with van der Waals surface area (Å²) in [6.45, 7) is 4.82. The molecule has 3 aliphatic carbocycles. The van der Waals surface area contributed by atoms with Gasteiger partial charge in [-0.05, 0) is 54.9 Å². The van der Waals surface area contributed by atoms with Gasteiger partial charge in [0.2, 0.25) is 0 Å². The molecule has 0 nitrogen and oxygen atoms in total. The third-order valence-corrected chi connectivity index (χ3v) is 4.71. The summed E-state index contributed by atoms with van der Waals surface area (Å²) in [7, 11) is 0. The minimum atomic E-state index is 0.897. The monoisotopic (exact) mass is 188 g/mol. The van der Waals surface area contributed by atoms with E-state index in [4.69, 9.17) is 0 Å². The second kappa shape index (κ2) is 2.98. The minimum Gasteiger partial charge on any atom is -0.0802 e. The second-order valence-corrected chi connectivity index (χ2v) is 5.62. The largest absolute Gasteiger partial charge is 0.0802 e. The molecular formula is C14H20. The molecule has 0 amide bonds. The van der Waals surface area contributed by atoms with E-state index in [0.717, 1.165) is 23.7 Å². The van der Waals surface area contributed by atoms with Gasteiger partial charge in [-0.3, -0.25) is 0 Å². The average Bonchev–Trinajstić information content (AvgIpc) is 2.70. The van der Waals surface area contributed by atoms with Crippen LogP contribution in [0.1, 0.15) is 39.5 Å². The second-order valence-electron chi connectivity index (χ2n) is 5.62. The number of rotatable bonds is 1. The van der Waals surface area contributed by atoms with Crippen molar-refractivity contribution in [1.29, 1.82) is 0 Å². The molecule has 76 valence electrons. The Bertz CT molecular complexity index is 306. The molecule has 0 N–H and O–H groups in total. The summed E-state index contributed by atoms with van der Waals surface area (Å²) < 4.78 is 0. The summed E-state index contributed by atoms with van der Waals surface area (Å²) in [4.78, 5) is 0. The Morgan fingerprint density at radius 1 is 1.29 bits per heavy atom. The summed E-state index contributed by atoms with van der Waals surface area (Å²) in [5.74, 6) is 3.91. The van der Waals surface area contributed by atoms with E-state index in [1.165, 1.54) is 25.7 Å². The molecule has 0 saturated heterocycles. The van der Waals surface area contributed by atoms with E-state index >= 15 is 0 Å². The smallest absolute Gasteiger partial charge is 0.0127 e. The quantitative estimate of drug-likeness (QED) is 0.584. The van der Waals surface area contributed by atoms with Crippen molar-refractivity contribution in [1.82, 2.24) is 0 Å². The lowest BCUT2D eigenvalue weighted by Crippen LogP contribution is -2.16. The minimum absolute atomic E-state index is 0.897. The lowest BCUT2D eigenvalue weighted by Gasteiger charge is -2.23. The molecule has 0 aromatic carbocycles. The first-order chi connectivity index (χ1) is 6.77. The van der Waals surface area contributed by atoms with Crippen LogP contribution in [0.25, 0.3) is 0 Å². The average molecular weight is 188 g/mol. The number of fused-ring (bicyclic) bond motifs is 2. The number of allylic oxidation sites excluding steroid dienone is 4. The van der Waals surface area contributed by atoms with Crippen LogP contribution in [0.5, 0.6) is 0 Å². The summed E-state index contributed by atoms with van der Waals surface area (Å²) in [5, 5.41) is 0. The Labute approximate surface area is 87.1 Å². The predicted octanol–water partition coefficient (Wildman–Crippen LogP) is 3.95. The summed E-state index contributed by atoms with van der Waals surface area (Å²) >= 11 is 0. The van der Waals surface area contributed by atoms with Gasteiger partial charge in [-0.1, -0.05) is 31.6 Å². The third kappa shape index (κ3) is 1.06. The Hall–Kier alpha value is -0.520. The molecule has 0 bridgehead atoms. The van der Waals surface area contributed by atoms with Gasteiger partial charge in [-0.25, -0.2) is 0 Å². The summed E-state index contributed by atoms with van der Waals surface area (Å²) in [6.07, 6.45) is 10.4. The van der Waals surface area contributed by atoms with Crippen molar-refractivity contribution >= 4 is 0 Å². The molecule has 3 rings (SSSR count). The van der Waals surface area contributed by atoms with Crippen molar-refractivity contribution in [2.24, 2.45) is 23.7 Å². The Morgan fingerprint density at radius 2 is 2.14 bits per heavy atom. The van der Waals surface area contributed by atoms with Gasteiger partial charge in [-0.15, -0.1) is 0 Å². The van der Waals surface area contributed by atoms with Gasteiger partial charge in [0.1, 0.15) is 0 Å². The zero-order valence-corrected chi connectivity index (χ0v) is 9.29. The summed E-state index contributed by atoms with van der Waals surface area (Å²) in [5.41, 5.74) is 3.53.